The van der Waals surface area contributed by atoms with E-state index >= 15 is 0 Å². The van der Waals surface area contributed by atoms with Crippen molar-refractivity contribution in [1.29, 1.82) is 0 Å². The number of nitrogens with zero attached hydrogens (tertiary/aromatic N) is 4. The highest BCUT2D eigenvalue weighted by Crippen LogP contribution is 2.31. The second kappa shape index (κ2) is 9.14. The first-order valence-electron chi connectivity index (χ1n) is 8.70. The van der Waals surface area contributed by atoms with Crippen molar-refractivity contribution in [3.63, 3.8) is 0 Å². The van der Waals surface area contributed by atoms with E-state index in [0.29, 0.717) is 17.2 Å². The predicted molar refractivity (Wildman–Crippen MR) is 111 cm³/mol. The number of anilines is 1. The number of aromatic nitrogens is 4. The minimum atomic E-state index is -4.38. The summed E-state index contributed by atoms with van der Waals surface area (Å²) in [4.78, 5) is 5.54. The fraction of sp³-hybridized carbons (Fsp3) is 0.222. The van der Waals surface area contributed by atoms with Gasteiger partial charge in [0.05, 0.1) is 11.3 Å². The molecule has 4 aromatic rings. The molecular weight excluding hydrogens is 455 g/mol. The van der Waals surface area contributed by atoms with E-state index in [1.165, 1.54) is 40.1 Å². The molecule has 0 fully saturated rings. The average molecular weight is 470 g/mol. The molecule has 30 heavy (non-hydrogen) atoms. The van der Waals surface area contributed by atoms with Gasteiger partial charge in [-0.25, -0.2) is 0 Å². The van der Waals surface area contributed by atoms with Gasteiger partial charge in [0.1, 0.15) is 0 Å². The molecule has 0 spiro atoms. The van der Waals surface area contributed by atoms with Gasteiger partial charge < -0.3 is 9.84 Å². The molecule has 0 unspecified atom stereocenters. The number of hydrogen-bond donors (Lipinski definition) is 1. The molecule has 0 atom stereocenters. The largest absolute Gasteiger partial charge is 0.416 e. The Hall–Kier alpha value is -2.44. The van der Waals surface area contributed by atoms with E-state index < -0.39 is 11.7 Å². The van der Waals surface area contributed by atoms with Crippen LogP contribution in [-0.4, -0.2) is 26.9 Å². The Balaban J connectivity index is 1.29. The Morgan fingerprint density at radius 2 is 1.93 bits per heavy atom. The number of halogens is 3. The maximum atomic E-state index is 12.7. The Labute approximate surface area is 181 Å². The number of thiophene rings is 1. The predicted octanol–water partition coefficient (Wildman–Crippen LogP) is 5.62. The van der Waals surface area contributed by atoms with Crippen LogP contribution in [0.1, 0.15) is 16.3 Å². The van der Waals surface area contributed by atoms with E-state index in [9.17, 15) is 13.2 Å². The number of hydrogen-bond acceptors (Lipinski definition) is 9. The van der Waals surface area contributed by atoms with E-state index in [0.717, 1.165) is 34.6 Å². The summed E-state index contributed by atoms with van der Waals surface area (Å²) in [7, 11) is 0. The summed E-state index contributed by atoms with van der Waals surface area (Å²) < 4.78 is 43.9. The van der Waals surface area contributed by atoms with Gasteiger partial charge >= 0.3 is 6.18 Å². The van der Waals surface area contributed by atoms with Crippen LogP contribution in [0.5, 0.6) is 0 Å². The van der Waals surface area contributed by atoms with Gasteiger partial charge in [0.25, 0.3) is 0 Å². The van der Waals surface area contributed by atoms with Crippen LogP contribution in [-0.2, 0) is 18.3 Å². The summed E-state index contributed by atoms with van der Waals surface area (Å²) in [5, 5.41) is 18.1. The second-order valence-electron chi connectivity index (χ2n) is 6.00. The molecule has 1 aromatic carbocycles. The molecule has 1 N–H and O–H groups in total. The number of nitrogens with one attached hydrogen (secondary N) is 1. The van der Waals surface area contributed by atoms with Crippen LogP contribution in [0.4, 0.5) is 18.3 Å². The van der Waals surface area contributed by atoms with Crippen LogP contribution in [0.3, 0.4) is 0 Å². The van der Waals surface area contributed by atoms with Gasteiger partial charge in [-0.1, -0.05) is 46.5 Å². The molecule has 6 nitrogen and oxygen atoms in total. The zero-order valence-corrected chi connectivity index (χ0v) is 17.7. The highest BCUT2D eigenvalue weighted by atomic mass is 32.2. The van der Waals surface area contributed by atoms with E-state index in [1.54, 1.807) is 11.3 Å². The van der Waals surface area contributed by atoms with Crippen molar-refractivity contribution < 1.29 is 17.7 Å². The molecule has 0 radical (unpaired) electrons. The molecule has 156 valence electrons. The molecule has 0 amide bonds. The number of thioether (sulfide) groups is 1. The lowest BCUT2D eigenvalue weighted by Crippen LogP contribution is -2.04. The maximum absolute atomic E-state index is 12.7. The molecule has 0 aliphatic heterocycles. The van der Waals surface area contributed by atoms with Gasteiger partial charge in [-0.15, -0.1) is 21.5 Å². The minimum Gasteiger partial charge on any atom is -0.360 e. The average Bonchev–Trinajstić information content (AvgIpc) is 3.48. The maximum Gasteiger partial charge on any atom is 0.416 e. The molecule has 0 saturated heterocycles. The molecule has 3 heterocycles. The molecule has 12 heteroatoms. The quantitative estimate of drug-likeness (QED) is 0.336. The first-order chi connectivity index (χ1) is 14.5. The van der Waals surface area contributed by atoms with Crippen molar-refractivity contribution in [1.82, 2.24) is 20.3 Å². The fourth-order valence-electron chi connectivity index (χ4n) is 2.45. The third-order valence-corrected chi connectivity index (χ3v) is 6.83. The lowest BCUT2D eigenvalue weighted by molar-refractivity contribution is -0.137. The van der Waals surface area contributed by atoms with Gasteiger partial charge in [-0.2, -0.15) is 18.2 Å². The summed E-state index contributed by atoms with van der Waals surface area (Å²) in [6.45, 7) is 0.778. The van der Waals surface area contributed by atoms with Crippen LogP contribution >= 0.6 is 34.4 Å². The Bertz CT molecular complexity index is 1080. The van der Waals surface area contributed by atoms with Crippen LogP contribution in [0, 0.1) is 0 Å². The molecule has 3 aromatic heterocycles. The van der Waals surface area contributed by atoms with E-state index in [1.807, 2.05) is 6.07 Å². The van der Waals surface area contributed by atoms with Gasteiger partial charge in [0.2, 0.25) is 16.8 Å². The van der Waals surface area contributed by atoms with Gasteiger partial charge in [-0.3, -0.25) is 0 Å². The van der Waals surface area contributed by atoms with Crippen molar-refractivity contribution >= 4 is 39.6 Å². The fourth-order valence-corrected chi connectivity index (χ4v) is 4.77. The first kappa shape index (κ1) is 20.8. The summed E-state index contributed by atoms with van der Waals surface area (Å²) in [6.07, 6.45) is -3.45. The minimum absolute atomic E-state index is 0.243. The van der Waals surface area contributed by atoms with Gasteiger partial charge in [0.15, 0.2) is 4.34 Å². The number of alkyl halides is 3. The number of rotatable bonds is 8. The zero-order valence-electron chi connectivity index (χ0n) is 15.2. The topological polar surface area (TPSA) is 76.7 Å². The highest BCUT2D eigenvalue weighted by Gasteiger charge is 2.30. The molecule has 4 rings (SSSR count). The normalized spacial score (nSPS) is 11.7. The van der Waals surface area contributed by atoms with Crippen molar-refractivity contribution in [2.75, 3.05) is 11.9 Å². The Morgan fingerprint density at radius 1 is 1.10 bits per heavy atom. The molecule has 0 aliphatic carbocycles. The number of benzene rings is 1. The lowest BCUT2D eigenvalue weighted by atomic mass is 10.1. The van der Waals surface area contributed by atoms with Crippen molar-refractivity contribution in [3.05, 3.63) is 58.1 Å². The Morgan fingerprint density at radius 3 is 2.67 bits per heavy atom. The molecule has 0 saturated carbocycles. The van der Waals surface area contributed by atoms with Crippen LogP contribution in [0.15, 0.2) is 50.6 Å². The Kier molecular flexibility index (Phi) is 6.35. The highest BCUT2D eigenvalue weighted by molar-refractivity contribution is 8.00. The molecule has 0 bridgehead atoms. The van der Waals surface area contributed by atoms with Crippen LogP contribution < -0.4 is 5.32 Å². The lowest BCUT2D eigenvalue weighted by Gasteiger charge is -2.05. The van der Waals surface area contributed by atoms with Gasteiger partial charge in [0, 0.05) is 17.0 Å². The van der Waals surface area contributed by atoms with Crippen molar-refractivity contribution in [2.45, 2.75) is 22.7 Å². The monoisotopic (exact) mass is 469 g/mol. The van der Waals surface area contributed by atoms with Crippen molar-refractivity contribution in [3.8, 4) is 11.4 Å². The van der Waals surface area contributed by atoms with E-state index in [2.05, 4.69) is 37.1 Å². The SMILES string of the molecule is FC(F)(F)c1ccc(-c2noc(CSc3nnc(NCCc4cccs4)s3)n2)cc1. The van der Waals surface area contributed by atoms with Crippen LogP contribution in [0.2, 0.25) is 0 Å². The summed E-state index contributed by atoms with van der Waals surface area (Å²) >= 11 is 4.56. The van der Waals surface area contributed by atoms with Crippen LogP contribution in [0.25, 0.3) is 11.4 Å². The molecular formula is C18H14F3N5OS3. The third kappa shape index (κ3) is 5.37. The molecule has 0 aliphatic rings. The van der Waals surface area contributed by atoms with E-state index in [4.69, 9.17) is 4.52 Å². The summed E-state index contributed by atoms with van der Waals surface area (Å²) in [5.74, 6) is 0.988. The smallest absolute Gasteiger partial charge is 0.360 e. The van der Waals surface area contributed by atoms with Crippen molar-refractivity contribution in [2.24, 2.45) is 0 Å². The second-order valence-corrected chi connectivity index (χ2v) is 9.24. The zero-order chi connectivity index (χ0) is 21.0. The summed E-state index contributed by atoms with van der Waals surface area (Å²) in [5.41, 5.74) is -0.266. The van der Waals surface area contributed by atoms with E-state index in [-0.39, 0.29) is 5.82 Å². The standard InChI is InChI=1S/C18H14F3N5OS3/c19-18(20,21)12-5-3-11(4-6-12)15-23-14(27-26-15)10-29-17-25-24-16(30-17)22-8-7-13-2-1-9-28-13/h1-6,9H,7-8,10H2,(H,22,24). The third-order valence-electron chi connectivity index (χ3n) is 3.89. The summed E-state index contributed by atoms with van der Waals surface area (Å²) in [6, 6.07) is 8.76. The first-order valence-corrected chi connectivity index (χ1v) is 11.4. The van der Waals surface area contributed by atoms with Gasteiger partial charge in [-0.05, 0) is 30.0 Å².